The zero-order valence-corrected chi connectivity index (χ0v) is 15.0. The lowest BCUT2D eigenvalue weighted by Gasteiger charge is -2.31. The molecule has 1 spiro atoms. The van der Waals surface area contributed by atoms with Gasteiger partial charge < -0.3 is 14.5 Å². The van der Waals surface area contributed by atoms with Crippen molar-refractivity contribution in [1.29, 1.82) is 0 Å². The summed E-state index contributed by atoms with van der Waals surface area (Å²) in [4.78, 5) is 16.1. The average molecular weight is 366 g/mol. The van der Waals surface area contributed by atoms with Crippen LogP contribution in [0.2, 0.25) is 0 Å². The first-order valence-electron chi connectivity index (χ1n) is 8.92. The monoisotopic (exact) mass is 366 g/mol. The summed E-state index contributed by atoms with van der Waals surface area (Å²) in [6.07, 6.45) is 5.23. The van der Waals surface area contributed by atoms with Crippen molar-refractivity contribution in [2.45, 2.75) is 37.9 Å². The van der Waals surface area contributed by atoms with Crippen molar-refractivity contribution in [3.05, 3.63) is 57.6 Å². The molecule has 1 saturated carbocycles. The van der Waals surface area contributed by atoms with Gasteiger partial charge in [-0.05, 0) is 49.3 Å². The van der Waals surface area contributed by atoms with Crippen molar-refractivity contribution in [2.24, 2.45) is 0 Å². The zero-order valence-electron chi connectivity index (χ0n) is 14.2. The van der Waals surface area contributed by atoms with E-state index in [0.29, 0.717) is 21.6 Å². The number of H-pyrrole nitrogens is 1. The van der Waals surface area contributed by atoms with Gasteiger partial charge in [-0.2, -0.15) is 0 Å². The van der Waals surface area contributed by atoms with Gasteiger partial charge in [0.15, 0.2) is 16.3 Å². The summed E-state index contributed by atoms with van der Waals surface area (Å²) in [6.45, 7) is 0. The van der Waals surface area contributed by atoms with E-state index in [9.17, 15) is 4.79 Å². The number of aromatic amines is 1. The summed E-state index contributed by atoms with van der Waals surface area (Å²) in [6, 6.07) is 12.9. The molecule has 1 fully saturated rings. The molecule has 3 aromatic rings. The Kier molecular flexibility index (Phi) is 3.43. The lowest BCUT2D eigenvalue weighted by molar-refractivity contribution is -0.105. The maximum atomic E-state index is 12.9. The van der Waals surface area contributed by atoms with Crippen molar-refractivity contribution in [1.82, 2.24) is 9.55 Å². The molecule has 0 saturated heterocycles. The minimum Gasteiger partial charge on any atom is -0.448 e. The van der Waals surface area contributed by atoms with E-state index in [1.165, 1.54) is 11.0 Å². The van der Waals surface area contributed by atoms with E-state index in [2.05, 4.69) is 4.98 Å². The van der Waals surface area contributed by atoms with Crippen molar-refractivity contribution in [3.8, 4) is 17.2 Å². The van der Waals surface area contributed by atoms with Crippen LogP contribution in [0.5, 0.6) is 11.5 Å². The molecule has 6 heteroatoms. The molecular weight excluding hydrogens is 348 g/mol. The summed E-state index contributed by atoms with van der Waals surface area (Å²) in [7, 11) is 0. The highest BCUT2D eigenvalue weighted by Gasteiger charge is 2.42. The lowest BCUT2D eigenvalue weighted by Crippen LogP contribution is -2.40. The SMILES string of the molecule is O=c1c2ccccc2[nH]c(=S)n1-c1ccc2c(c1)OC1(CCCCC1)O2. The fourth-order valence-corrected chi connectivity index (χ4v) is 4.21. The summed E-state index contributed by atoms with van der Waals surface area (Å²) >= 11 is 5.43. The minimum atomic E-state index is -0.531. The largest absolute Gasteiger partial charge is 0.448 e. The molecule has 26 heavy (non-hydrogen) atoms. The second kappa shape index (κ2) is 5.71. The molecule has 0 amide bonds. The Morgan fingerprint density at radius 2 is 1.77 bits per heavy atom. The van der Waals surface area contributed by atoms with Gasteiger partial charge >= 0.3 is 0 Å². The van der Waals surface area contributed by atoms with Gasteiger partial charge in [-0.15, -0.1) is 0 Å². The van der Waals surface area contributed by atoms with Crippen LogP contribution in [-0.4, -0.2) is 15.3 Å². The number of para-hydroxylation sites is 1. The van der Waals surface area contributed by atoms with Crippen LogP contribution in [0.15, 0.2) is 47.3 Å². The quantitative estimate of drug-likeness (QED) is 0.645. The van der Waals surface area contributed by atoms with Gasteiger partial charge in [0.25, 0.3) is 11.3 Å². The van der Waals surface area contributed by atoms with Gasteiger partial charge in [-0.1, -0.05) is 18.6 Å². The predicted molar refractivity (Wildman–Crippen MR) is 102 cm³/mol. The van der Waals surface area contributed by atoms with Crippen molar-refractivity contribution in [2.75, 3.05) is 0 Å². The second-order valence-corrected chi connectivity index (χ2v) is 7.31. The Labute approximate surface area is 155 Å². The number of benzene rings is 2. The maximum Gasteiger partial charge on any atom is 0.266 e. The van der Waals surface area contributed by atoms with Crippen LogP contribution in [0.3, 0.4) is 0 Å². The molecule has 1 aromatic heterocycles. The fraction of sp³-hybridized carbons (Fsp3) is 0.300. The van der Waals surface area contributed by atoms with Gasteiger partial charge in [-0.25, -0.2) is 0 Å². The van der Waals surface area contributed by atoms with E-state index in [1.807, 2.05) is 36.4 Å². The molecule has 0 radical (unpaired) electrons. The smallest absolute Gasteiger partial charge is 0.266 e. The van der Waals surface area contributed by atoms with Crippen LogP contribution in [-0.2, 0) is 0 Å². The van der Waals surface area contributed by atoms with Gasteiger partial charge in [0.2, 0.25) is 0 Å². The first-order chi connectivity index (χ1) is 12.7. The molecule has 0 atom stereocenters. The number of nitrogens with one attached hydrogen (secondary N) is 1. The number of aromatic nitrogens is 2. The minimum absolute atomic E-state index is 0.143. The van der Waals surface area contributed by atoms with E-state index < -0.39 is 5.79 Å². The molecule has 5 rings (SSSR count). The third kappa shape index (κ3) is 2.36. The highest BCUT2D eigenvalue weighted by molar-refractivity contribution is 7.71. The van der Waals surface area contributed by atoms with Crippen molar-refractivity contribution >= 4 is 23.1 Å². The second-order valence-electron chi connectivity index (χ2n) is 6.92. The molecule has 1 N–H and O–H groups in total. The van der Waals surface area contributed by atoms with Gasteiger partial charge in [-0.3, -0.25) is 9.36 Å². The maximum absolute atomic E-state index is 12.9. The first-order valence-corrected chi connectivity index (χ1v) is 9.33. The van der Waals surface area contributed by atoms with Gasteiger partial charge in [0, 0.05) is 18.9 Å². The summed E-state index contributed by atoms with van der Waals surface area (Å²) in [5.74, 6) is 0.884. The molecule has 1 aliphatic heterocycles. The lowest BCUT2D eigenvalue weighted by atomic mass is 9.94. The fourth-order valence-electron chi connectivity index (χ4n) is 3.91. The van der Waals surface area contributed by atoms with Crippen LogP contribution in [0, 0.1) is 4.77 Å². The normalized spacial score (nSPS) is 17.7. The van der Waals surface area contributed by atoms with E-state index >= 15 is 0 Å². The van der Waals surface area contributed by atoms with Gasteiger partial charge in [0.05, 0.1) is 16.6 Å². The molecule has 1 aliphatic carbocycles. The third-order valence-electron chi connectivity index (χ3n) is 5.20. The van der Waals surface area contributed by atoms with Crippen LogP contribution >= 0.6 is 12.2 Å². The van der Waals surface area contributed by atoms with Crippen LogP contribution in [0.4, 0.5) is 0 Å². The average Bonchev–Trinajstić information content (AvgIpc) is 2.99. The number of fused-ring (bicyclic) bond motifs is 2. The third-order valence-corrected chi connectivity index (χ3v) is 5.48. The molecule has 132 valence electrons. The Bertz CT molecular complexity index is 1130. The predicted octanol–water partition coefficient (Wildman–Crippen LogP) is 4.48. The Hall–Kier alpha value is -2.60. The molecule has 0 unspecified atom stereocenters. The summed E-state index contributed by atoms with van der Waals surface area (Å²) in [5, 5.41) is 0.600. The number of rotatable bonds is 1. The van der Waals surface area contributed by atoms with Crippen LogP contribution < -0.4 is 15.0 Å². The number of hydrogen-bond donors (Lipinski definition) is 1. The first kappa shape index (κ1) is 15.6. The van der Waals surface area contributed by atoms with E-state index in [1.54, 1.807) is 6.07 Å². The Morgan fingerprint density at radius 1 is 1.00 bits per heavy atom. The molecule has 2 aromatic carbocycles. The van der Waals surface area contributed by atoms with Gasteiger partial charge in [0.1, 0.15) is 0 Å². The van der Waals surface area contributed by atoms with Crippen LogP contribution in [0.1, 0.15) is 32.1 Å². The standard InChI is InChI=1S/C20H18N2O3S/c23-18-14-6-2-3-7-15(14)21-19(26)22(18)13-8-9-16-17(12-13)25-20(24-16)10-4-1-5-11-20/h2-3,6-9,12H,1,4-5,10-11H2,(H,21,26). The highest BCUT2D eigenvalue weighted by Crippen LogP contribution is 2.46. The Morgan fingerprint density at radius 3 is 2.62 bits per heavy atom. The van der Waals surface area contributed by atoms with E-state index in [4.69, 9.17) is 21.7 Å². The van der Waals surface area contributed by atoms with Crippen LogP contribution in [0.25, 0.3) is 16.6 Å². The topological polar surface area (TPSA) is 56.2 Å². The molecular formula is C20H18N2O3S. The summed E-state index contributed by atoms with van der Waals surface area (Å²) < 4.78 is 14.2. The van der Waals surface area contributed by atoms with E-state index in [0.717, 1.165) is 36.9 Å². The highest BCUT2D eigenvalue weighted by atomic mass is 32.1. The van der Waals surface area contributed by atoms with E-state index in [-0.39, 0.29) is 5.56 Å². The molecule has 5 nitrogen and oxygen atoms in total. The Balaban J connectivity index is 1.62. The molecule has 2 aliphatic rings. The molecule has 0 bridgehead atoms. The van der Waals surface area contributed by atoms with Crippen molar-refractivity contribution < 1.29 is 9.47 Å². The number of ether oxygens (including phenoxy) is 2. The number of hydrogen-bond acceptors (Lipinski definition) is 4. The zero-order chi connectivity index (χ0) is 17.7. The summed E-state index contributed by atoms with van der Waals surface area (Å²) in [5.41, 5.74) is 1.27. The van der Waals surface area contributed by atoms with Crippen molar-refractivity contribution in [3.63, 3.8) is 0 Å². The molecule has 2 heterocycles. The number of nitrogens with zero attached hydrogens (tertiary/aromatic N) is 1.